The largest absolute Gasteiger partial charge is 0.394 e. The molecule has 444 valence electrons. The van der Waals surface area contributed by atoms with Gasteiger partial charge in [0.1, 0.15) is 54.9 Å². The van der Waals surface area contributed by atoms with E-state index in [1.807, 2.05) is 6.08 Å². The standard InChI is InChI=1S/C58H111NO16/c1-3-5-7-9-11-13-15-17-19-20-21-22-23-24-26-27-29-31-33-35-37-44(62)47(65)39-46(64)43(59-56(71)45(63)38-36-34-32-30-28-25-18-16-14-12-10-8-6-4-2)42-72-57-54(70)55(51(67)49(41-61)73-57)75-58-53(69)52(68)50(66)48(40-60)74-58/h31,33,43-55,57-58,60-70H,3-30,32,34-42H2,1-2H3,(H,59,71)/b33-31+/t43-,44-,45+,46-,47-,48+,49+,50+,51+,52-,53+,54+,55-,57+,58-/m0/s1. The molecule has 2 aliphatic heterocycles. The minimum Gasteiger partial charge on any atom is -0.394 e. The quantitative estimate of drug-likeness (QED) is 0.0220. The molecule has 17 heteroatoms. The van der Waals surface area contributed by atoms with Gasteiger partial charge in [-0.3, -0.25) is 4.79 Å². The Hall–Kier alpha value is -1.39. The zero-order valence-corrected chi connectivity index (χ0v) is 46.6. The summed E-state index contributed by atoms with van der Waals surface area (Å²) in [4.78, 5) is 13.4. The first-order chi connectivity index (χ1) is 36.3. The zero-order chi connectivity index (χ0) is 55.1. The van der Waals surface area contributed by atoms with Gasteiger partial charge in [-0.1, -0.05) is 212 Å². The molecule has 0 aromatic carbocycles. The maximum Gasteiger partial charge on any atom is 0.249 e. The summed E-state index contributed by atoms with van der Waals surface area (Å²) in [6.45, 7) is 2.34. The monoisotopic (exact) mass is 1080 g/mol. The Kier molecular flexibility index (Phi) is 41.2. The topological polar surface area (TPSA) is 289 Å². The minimum absolute atomic E-state index is 0.166. The molecule has 0 bridgehead atoms. The Balaban J connectivity index is 1.89. The summed E-state index contributed by atoms with van der Waals surface area (Å²) in [6.07, 6.45) is 20.1. The highest BCUT2D eigenvalue weighted by molar-refractivity contribution is 5.80. The molecule has 0 aromatic heterocycles. The lowest BCUT2D eigenvalue weighted by Gasteiger charge is -2.46. The molecule has 12 N–H and O–H groups in total. The van der Waals surface area contributed by atoms with Gasteiger partial charge in [-0.25, -0.2) is 0 Å². The summed E-state index contributed by atoms with van der Waals surface area (Å²) < 4.78 is 22.6. The predicted octanol–water partition coefficient (Wildman–Crippen LogP) is 6.81. The Bertz CT molecular complexity index is 1370. The van der Waals surface area contributed by atoms with Crippen molar-refractivity contribution in [2.75, 3.05) is 19.8 Å². The second kappa shape index (κ2) is 44.4. The van der Waals surface area contributed by atoms with Crippen LogP contribution >= 0.6 is 0 Å². The van der Waals surface area contributed by atoms with Crippen molar-refractivity contribution in [2.24, 2.45) is 0 Å². The summed E-state index contributed by atoms with van der Waals surface area (Å²) in [5.41, 5.74) is 0. The first-order valence-electron chi connectivity index (χ1n) is 30.2. The van der Waals surface area contributed by atoms with Gasteiger partial charge < -0.3 is 80.4 Å². The summed E-state index contributed by atoms with van der Waals surface area (Å²) >= 11 is 0. The lowest BCUT2D eigenvalue weighted by molar-refractivity contribution is -0.360. The van der Waals surface area contributed by atoms with E-state index in [1.165, 1.54) is 154 Å². The number of carbonyl (C=O) groups is 1. The molecular weight excluding hydrogens is 967 g/mol. The number of carbonyl (C=O) groups excluding carboxylic acids is 1. The second-order valence-corrected chi connectivity index (χ2v) is 21.9. The highest BCUT2D eigenvalue weighted by Gasteiger charge is 2.51. The first kappa shape index (κ1) is 69.7. The molecular formula is C58H111NO16. The lowest BCUT2D eigenvalue weighted by atomic mass is 9.96. The third-order valence-corrected chi connectivity index (χ3v) is 15.3. The molecule has 2 rings (SSSR count). The van der Waals surface area contributed by atoms with Crippen LogP contribution in [0.5, 0.6) is 0 Å². The lowest BCUT2D eigenvalue weighted by Crippen LogP contribution is -2.65. The maximum absolute atomic E-state index is 13.4. The van der Waals surface area contributed by atoms with E-state index in [1.54, 1.807) is 0 Å². The Labute approximate surface area is 452 Å². The Morgan fingerprint density at radius 1 is 0.480 bits per heavy atom. The van der Waals surface area contributed by atoms with Crippen LogP contribution in [-0.2, 0) is 23.7 Å². The van der Waals surface area contributed by atoms with Gasteiger partial charge in [0.15, 0.2) is 12.6 Å². The van der Waals surface area contributed by atoms with Gasteiger partial charge in [0.25, 0.3) is 0 Å². The highest BCUT2D eigenvalue weighted by Crippen LogP contribution is 2.30. The van der Waals surface area contributed by atoms with Crippen LogP contribution in [0.25, 0.3) is 0 Å². The molecule has 1 amide bonds. The maximum atomic E-state index is 13.4. The van der Waals surface area contributed by atoms with Gasteiger partial charge in [0, 0.05) is 6.42 Å². The molecule has 0 aliphatic carbocycles. The van der Waals surface area contributed by atoms with Crippen LogP contribution in [0.2, 0.25) is 0 Å². The number of ether oxygens (including phenoxy) is 4. The average Bonchev–Trinajstić information content (AvgIpc) is 3.40. The van der Waals surface area contributed by atoms with Crippen LogP contribution in [0.1, 0.15) is 239 Å². The molecule has 0 aromatic rings. The van der Waals surface area contributed by atoms with E-state index in [-0.39, 0.29) is 12.8 Å². The van der Waals surface area contributed by atoms with Gasteiger partial charge >= 0.3 is 0 Å². The van der Waals surface area contributed by atoms with Gasteiger partial charge in [0.2, 0.25) is 5.91 Å². The minimum atomic E-state index is -1.88. The first-order valence-corrected chi connectivity index (χ1v) is 30.2. The predicted molar refractivity (Wildman–Crippen MR) is 290 cm³/mol. The third-order valence-electron chi connectivity index (χ3n) is 15.3. The van der Waals surface area contributed by atoms with Crippen LogP contribution in [0.3, 0.4) is 0 Å². The van der Waals surface area contributed by atoms with E-state index in [0.717, 1.165) is 38.5 Å². The van der Waals surface area contributed by atoms with Crippen molar-refractivity contribution in [2.45, 2.75) is 330 Å². The fourth-order valence-corrected chi connectivity index (χ4v) is 10.2. The van der Waals surface area contributed by atoms with Crippen molar-refractivity contribution in [1.82, 2.24) is 5.32 Å². The molecule has 0 unspecified atom stereocenters. The second-order valence-electron chi connectivity index (χ2n) is 21.9. The van der Waals surface area contributed by atoms with Crippen molar-refractivity contribution < 1.29 is 79.9 Å². The van der Waals surface area contributed by atoms with E-state index in [4.69, 9.17) is 18.9 Å². The van der Waals surface area contributed by atoms with Crippen LogP contribution in [0.4, 0.5) is 0 Å². The molecule has 2 heterocycles. The van der Waals surface area contributed by atoms with Crippen molar-refractivity contribution in [1.29, 1.82) is 0 Å². The van der Waals surface area contributed by atoms with Crippen LogP contribution < -0.4 is 5.32 Å². The number of hydrogen-bond donors (Lipinski definition) is 12. The van der Waals surface area contributed by atoms with E-state index >= 15 is 0 Å². The molecule has 0 saturated carbocycles. The van der Waals surface area contributed by atoms with E-state index < -0.39 is 124 Å². The van der Waals surface area contributed by atoms with Gasteiger partial charge in [-0.2, -0.15) is 0 Å². The number of amides is 1. The normalized spacial score (nSPS) is 26.4. The fourth-order valence-electron chi connectivity index (χ4n) is 10.2. The van der Waals surface area contributed by atoms with Crippen LogP contribution in [-0.4, -0.2) is 174 Å². The summed E-state index contributed by atoms with van der Waals surface area (Å²) in [5.74, 6) is -0.806. The summed E-state index contributed by atoms with van der Waals surface area (Å²) in [7, 11) is 0. The van der Waals surface area contributed by atoms with E-state index in [2.05, 4.69) is 25.2 Å². The van der Waals surface area contributed by atoms with Gasteiger partial charge in [-0.15, -0.1) is 0 Å². The number of unbranched alkanes of at least 4 members (excludes halogenated alkanes) is 29. The molecule has 75 heavy (non-hydrogen) atoms. The molecule has 0 spiro atoms. The Morgan fingerprint density at radius 3 is 1.39 bits per heavy atom. The fraction of sp³-hybridized carbons (Fsp3) is 0.948. The number of allylic oxidation sites excluding steroid dienone is 2. The number of nitrogens with one attached hydrogen (secondary N) is 1. The van der Waals surface area contributed by atoms with Crippen LogP contribution in [0, 0.1) is 0 Å². The van der Waals surface area contributed by atoms with Crippen molar-refractivity contribution in [3.8, 4) is 0 Å². The molecule has 2 saturated heterocycles. The van der Waals surface area contributed by atoms with Crippen molar-refractivity contribution in [3.63, 3.8) is 0 Å². The number of aliphatic hydroxyl groups is 11. The molecule has 17 nitrogen and oxygen atoms in total. The SMILES string of the molecule is CCCCCCCCCCCCCCCCCC/C=C/CC[C@H](O)[C@@H](O)C[C@H](O)[C@H](CO[C@@H]1O[C@H](CO)[C@@H](O)[C@H](O[C@@H]2O[C@H](CO)[C@@H](O)[C@H](O)[C@H]2O)[C@H]1O)NC(=O)[C@H](O)CCCCCCCCCCCCCCCC. The number of hydrogen-bond acceptors (Lipinski definition) is 16. The molecule has 0 radical (unpaired) electrons. The highest BCUT2D eigenvalue weighted by atomic mass is 16.7. The molecule has 2 aliphatic rings. The smallest absolute Gasteiger partial charge is 0.249 e. The summed E-state index contributed by atoms with van der Waals surface area (Å²) in [5, 5.41) is 120. The van der Waals surface area contributed by atoms with Crippen LogP contribution in [0.15, 0.2) is 12.2 Å². The van der Waals surface area contributed by atoms with Crippen molar-refractivity contribution >= 4 is 5.91 Å². The van der Waals surface area contributed by atoms with Gasteiger partial charge in [0.05, 0.1) is 44.2 Å². The Morgan fingerprint density at radius 2 is 0.907 bits per heavy atom. The zero-order valence-electron chi connectivity index (χ0n) is 46.6. The molecule has 15 atom stereocenters. The average molecular weight is 1080 g/mol. The number of rotatable bonds is 48. The molecule has 2 fully saturated rings. The third kappa shape index (κ3) is 30.1. The number of aliphatic hydroxyl groups excluding tert-OH is 11. The van der Waals surface area contributed by atoms with E-state index in [0.29, 0.717) is 12.8 Å². The summed E-state index contributed by atoms with van der Waals surface area (Å²) in [6, 6.07) is -1.33. The van der Waals surface area contributed by atoms with Gasteiger partial charge in [-0.05, 0) is 32.1 Å². The van der Waals surface area contributed by atoms with E-state index in [9.17, 15) is 61.0 Å². The van der Waals surface area contributed by atoms with Crippen molar-refractivity contribution in [3.05, 3.63) is 12.2 Å².